The Labute approximate surface area is 826 Å². The molecule has 0 aliphatic rings. The number of nitrogens with one attached hydrogen (secondary N) is 3. The number of nitrogens with zero attached hydrogens (tertiary/aromatic N) is 2. The van der Waals surface area contributed by atoms with Crippen LogP contribution >= 0.6 is 29.4 Å². The minimum atomic E-state index is -1.45. The maximum atomic E-state index is 13.4. The molecule has 0 radical (unpaired) electrons. The number of aliphatic hydroxyl groups excluding tert-OH is 4. The largest absolute Gasteiger partial charge is 2.00 e. The summed E-state index contributed by atoms with van der Waals surface area (Å²) in [6.07, 6.45) is 1.82. The van der Waals surface area contributed by atoms with Gasteiger partial charge >= 0.3 is 23.1 Å². The number of nitrogens with two attached hydrogens (primary N) is 4. The van der Waals surface area contributed by atoms with Crippen molar-refractivity contribution in [2.24, 2.45) is 9.54 Å². The first-order valence-corrected chi connectivity index (χ1v) is 49.4. The number of benzene rings is 9. The van der Waals surface area contributed by atoms with Crippen LogP contribution in [0.2, 0.25) is 19.6 Å². The third-order valence-electron chi connectivity index (χ3n) is 15.1. The molecule has 0 aromatic heterocycles. The first-order chi connectivity index (χ1) is 57.1. The van der Waals surface area contributed by atoms with Gasteiger partial charge in [0.2, 0.25) is 0 Å². The van der Waals surface area contributed by atoms with Crippen LogP contribution in [0, 0.1) is 29.3 Å². The van der Waals surface area contributed by atoms with Crippen molar-refractivity contribution in [1.29, 1.82) is 0 Å². The molecule has 9 aromatic rings. The molecule has 128 heavy (non-hydrogen) atoms. The van der Waals surface area contributed by atoms with E-state index in [4.69, 9.17) is 42.8 Å². The molecule has 19 nitrogen and oxygen atoms in total. The molecule has 9 rings (SSSR count). The second-order valence-electron chi connectivity index (χ2n) is 34.8. The number of hydrogen-bond donors (Lipinski definition) is 11. The third-order valence-corrected chi connectivity index (χ3v) is 24.6. The van der Waals surface area contributed by atoms with Crippen LogP contribution in [-0.4, -0.2) is 140 Å². The van der Waals surface area contributed by atoms with Crippen LogP contribution in [0.25, 0.3) is 0 Å². The van der Waals surface area contributed by atoms with Gasteiger partial charge in [0.05, 0.1) is 103 Å². The fourth-order valence-electron chi connectivity index (χ4n) is 8.37. The molecule has 33 heteroatoms. The number of hydrogen-bond acceptors (Lipinski definition) is 14. The summed E-state index contributed by atoms with van der Waals surface area (Å²) in [5.74, 6) is -1.54. The van der Waals surface area contributed by atoms with E-state index in [0.29, 0.717) is 5.69 Å². The van der Waals surface area contributed by atoms with Crippen molar-refractivity contribution >= 4 is 151 Å². The molecule has 15 N–H and O–H groups in total. The van der Waals surface area contributed by atoms with E-state index in [0.717, 1.165) is 50.8 Å². The molecule has 8 atom stereocenters. The Morgan fingerprint density at radius 2 is 0.664 bits per heavy atom. The number of halogens is 6. The van der Waals surface area contributed by atoms with Crippen molar-refractivity contribution in [2.75, 3.05) is 28.8 Å². The van der Waals surface area contributed by atoms with Gasteiger partial charge in [-0.05, 0) is 247 Å². The molecule has 0 heterocycles. The number of carbonyl (C=O) groups excluding carboxylic acids is 1. The van der Waals surface area contributed by atoms with Gasteiger partial charge in [0.25, 0.3) is 0 Å². The van der Waals surface area contributed by atoms with E-state index < -0.39 is 94.9 Å². The van der Waals surface area contributed by atoms with Gasteiger partial charge in [-0.2, -0.15) is 16.5 Å². The fraction of sp³-hybridized carbons (Fsp3) is 0.411. The molecule has 0 amide bonds. The monoisotopic (exact) mass is 2020 g/mol. The topological polar surface area (TPSA) is 339 Å². The first-order valence-electron chi connectivity index (χ1n) is 40.2. The van der Waals surface area contributed by atoms with E-state index in [2.05, 4.69) is 48.8 Å². The maximum Gasteiger partial charge on any atom is 2.00 e. The van der Waals surface area contributed by atoms with Crippen molar-refractivity contribution in [3.63, 3.8) is 0 Å². The van der Waals surface area contributed by atoms with Crippen molar-refractivity contribution in [2.45, 2.75) is 245 Å². The number of anilines is 4. The van der Waals surface area contributed by atoms with E-state index in [1.54, 1.807) is 122 Å². The number of aldehydes is 1. The van der Waals surface area contributed by atoms with Gasteiger partial charge in [0.15, 0.2) is 0 Å². The van der Waals surface area contributed by atoms with Crippen LogP contribution in [0.1, 0.15) is 228 Å². The van der Waals surface area contributed by atoms with Crippen LogP contribution < -0.4 is 41.1 Å². The van der Waals surface area contributed by atoms with Crippen LogP contribution in [0.3, 0.4) is 0 Å². The summed E-state index contributed by atoms with van der Waals surface area (Å²) in [6.45, 7) is 48.7. The van der Waals surface area contributed by atoms with Gasteiger partial charge in [-0.25, -0.2) is 48.4 Å². The predicted octanol–water partition coefficient (Wildman–Crippen LogP) is 20.3. The van der Waals surface area contributed by atoms with Gasteiger partial charge in [-0.1, -0.05) is 189 Å². The van der Waals surface area contributed by atoms with E-state index in [1.165, 1.54) is 24.3 Å². The molecule has 0 aliphatic heterocycles. The minimum absolute atomic E-state index is 0. The Hall–Kier alpha value is -5.86. The molecular formula is C95H145BrClF4MgN9O10S5SiTi. The zero-order chi connectivity index (χ0) is 95.9. The fourth-order valence-corrected chi connectivity index (χ4v) is 12.3. The van der Waals surface area contributed by atoms with Crippen LogP contribution in [0.4, 0.5) is 40.3 Å². The summed E-state index contributed by atoms with van der Waals surface area (Å²) in [4.78, 5) is 10.0. The summed E-state index contributed by atoms with van der Waals surface area (Å²) in [5.41, 5.74) is 24.9. The van der Waals surface area contributed by atoms with E-state index in [9.17, 15) is 43.4 Å². The molecule has 0 aliphatic carbocycles. The first kappa shape index (κ1) is 133. The second-order valence-corrected chi connectivity index (χ2v) is 49.6. The van der Waals surface area contributed by atoms with Gasteiger partial charge in [0.1, 0.15) is 43.0 Å². The van der Waals surface area contributed by atoms with Crippen molar-refractivity contribution < 1.29 is 87.0 Å². The molecule has 0 saturated heterocycles. The zero-order valence-corrected chi connectivity index (χ0v) is 90.2. The Morgan fingerprint density at radius 3 is 0.859 bits per heavy atom. The van der Waals surface area contributed by atoms with Crippen molar-refractivity contribution in [3.05, 3.63) is 298 Å². The molecule has 0 spiro atoms. The molecule has 712 valence electrons. The van der Waals surface area contributed by atoms with Gasteiger partial charge in [-0.15, -0.1) is 41.5 Å². The summed E-state index contributed by atoms with van der Waals surface area (Å²) >= 11 is 0. The van der Waals surface area contributed by atoms with Crippen LogP contribution in [-0.2, 0) is 76.6 Å². The SMILES string of the molecule is Br.CC(C)(C)S(=O)N[C@H](c1ccccc1)c1ccc(F)c(N)c1.CC(C)(C)S(N)=O.CC(C)(C)[S@@](=O)N=Cc1ccccc1.CC(C)(C)[S@@](=O)N[C@@H](c1ccccc1)c1ccc(F)c(N)c1.CC(C)(C)[S@@](=O)N[C@H](c1ccccc1)c1ccc(F)c(N)c1.CC(C)O.CC(C)O.CC(C)O.CC(C)O.CN(c1cc[c-]cc1F)[Si](C)(C)C.Cl.O=Cc1ccccc1.[H-].[Mg+2].[Ti]. The van der Waals surface area contributed by atoms with Gasteiger partial charge in [-0.3, -0.25) is 14.3 Å². The summed E-state index contributed by atoms with van der Waals surface area (Å²) < 4.78 is 127. The molecule has 9 aromatic carbocycles. The number of nitrogen functional groups attached to an aromatic ring is 3. The number of carbonyl (C=O) groups is 1. The Balaban J connectivity index is -0.000000266. The van der Waals surface area contributed by atoms with E-state index in [1.807, 2.05) is 250 Å². The Bertz CT molecular complexity index is 4340. The van der Waals surface area contributed by atoms with E-state index in [-0.39, 0.29) is 151 Å². The summed E-state index contributed by atoms with van der Waals surface area (Å²) in [6, 6.07) is 68.1. The van der Waals surface area contributed by atoms with Crippen LogP contribution in [0.15, 0.2) is 229 Å². The summed E-state index contributed by atoms with van der Waals surface area (Å²) in [7, 11) is -5.65. The molecular weight excluding hydrogens is 1880 g/mol. The molecule has 0 saturated carbocycles. The molecule has 2 unspecified atom stereocenters. The average molecular weight is 2030 g/mol. The minimum Gasteiger partial charge on any atom is -1.00 e. The Morgan fingerprint density at radius 1 is 0.422 bits per heavy atom. The normalized spacial score (nSPS) is 12.8. The second kappa shape index (κ2) is 67.3. The number of rotatable bonds is 17. The zero-order valence-electron chi connectivity index (χ0n) is 80.6. The quantitative estimate of drug-likeness (QED) is 0.0101. The van der Waals surface area contributed by atoms with Crippen LogP contribution in [0.5, 0.6) is 0 Å². The van der Waals surface area contributed by atoms with Crippen molar-refractivity contribution in [1.82, 2.24) is 14.2 Å². The average Bonchev–Trinajstić information content (AvgIpc) is 0.830. The van der Waals surface area contributed by atoms with Gasteiger partial charge in [0, 0.05) is 63.7 Å². The maximum absolute atomic E-state index is 13.4. The van der Waals surface area contributed by atoms with Crippen molar-refractivity contribution in [3.8, 4) is 0 Å². The molecule has 0 fully saturated rings. The molecule has 0 bridgehead atoms. The Kier molecular flexibility index (Phi) is 69.9. The standard InChI is InChI=1S/3C17H21FN2OS.C11H15NOS.C10H15FNSi.C7H6O.C4H11NOS.4C3H8O.BrH.ClH.Mg.Ti.H/c3*1-17(2,3)22(21)20-16(12-7-5-4-6-8-12)13-9-10-14(18)15(19)11-13;1-11(2,3)14(13)12-9-10-7-5-4-6-8-10;1-12(13(2,3)4)10-8-6-5-7-9(10)11;8-6-7-4-2-1-3-5-7;1-4(2,3)7(5)6;4*1-3(2)4;;;;;/h3*4-11,16,20H,19H2,1-3H3;4-9H,1-3H3;6-8H,1-4H3;1-6H;5H2,1-3H3;4*3-4H,1-2H3;2*1H;;;/q;;;;-1;;;;;;;;;+2;;-1/t16-,22?;16-,22+;16-,22-;14-;;;;;;;;;;;;/m1011............/s1. The summed E-state index contributed by atoms with van der Waals surface area (Å²) in [5, 5.41) is 37.3. The third kappa shape index (κ3) is 61.0. The number of aliphatic hydroxyl groups is 4. The smallest absolute Gasteiger partial charge is 1.00 e. The van der Waals surface area contributed by atoms with E-state index >= 15 is 0 Å². The predicted molar refractivity (Wildman–Crippen MR) is 547 cm³/mol. The van der Waals surface area contributed by atoms with Gasteiger partial charge < -0.3 is 43.6 Å².